The lowest BCUT2D eigenvalue weighted by Crippen LogP contribution is -2.50. The molecule has 4 rings (SSSR count). The molecule has 1 N–H and O–H groups in total. The van der Waals surface area contributed by atoms with E-state index in [0.717, 1.165) is 16.8 Å². The lowest BCUT2D eigenvalue weighted by molar-refractivity contribution is -0.134. The lowest BCUT2D eigenvalue weighted by Gasteiger charge is -2.34. The Kier molecular flexibility index (Phi) is 4.98. The Morgan fingerprint density at radius 2 is 1.75 bits per heavy atom. The summed E-state index contributed by atoms with van der Waals surface area (Å²) in [5.74, 6) is 0.331. The number of nitrogens with one attached hydrogen (secondary N) is 1. The van der Waals surface area contributed by atoms with Crippen molar-refractivity contribution in [2.45, 2.75) is 20.3 Å². The lowest BCUT2D eigenvalue weighted by atomic mass is 10.1. The molecule has 0 spiro atoms. The molecule has 2 atom stereocenters. The molecule has 2 fully saturated rings. The highest BCUT2D eigenvalue weighted by Crippen LogP contribution is 2.41. The number of anilines is 2. The minimum Gasteiger partial charge on any atom is -0.339 e. The molecule has 7 nitrogen and oxygen atoms in total. The van der Waals surface area contributed by atoms with Gasteiger partial charge in [-0.05, 0) is 43.5 Å². The molecule has 2 amide bonds. The predicted octanol–water partition coefficient (Wildman–Crippen LogP) is 2.02. The predicted molar refractivity (Wildman–Crippen MR) is 107 cm³/mol. The number of benzene rings is 1. The third-order valence-corrected chi connectivity index (χ3v) is 5.52. The van der Waals surface area contributed by atoms with E-state index in [0.29, 0.717) is 38.5 Å². The van der Waals surface area contributed by atoms with Crippen molar-refractivity contribution in [3.8, 4) is 0 Å². The SMILES string of the molecule is Cc1ccc(C)c(NC(=O)C2CC2C(=O)N2CCN(c3ncccn3)CC2)c1. The molecule has 1 aliphatic heterocycles. The molecule has 7 heteroatoms. The van der Waals surface area contributed by atoms with Gasteiger partial charge in [-0.15, -0.1) is 0 Å². The topological polar surface area (TPSA) is 78.4 Å². The summed E-state index contributed by atoms with van der Waals surface area (Å²) in [6.07, 6.45) is 4.09. The average Bonchev–Trinajstić information content (AvgIpc) is 3.52. The molecule has 2 aromatic rings. The second-order valence-electron chi connectivity index (χ2n) is 7.62. The smallest absolute Gasteiger partial charge is 0.228 e. The minimum absolute atomic E-state index is 0.0524. The summed E-state index contributed by atoms with van der Waals surface area (Å²) in [5, 5.41) is 2.99. The Morgan fingerprint density at radius 1 is 1.04 bits per heavy atom. The van der Waals surface area contributed by atoms with Gasteiger partial charge >= 0.3 is 0 Å². The van der Waals surface area contributed by atoms with Crippen molar-refractivity contribution in [2.24, 2.45) is 11.8 Å². The second-order valence-corrected chi connectivity index (χ2v) is 7.62. The fourth-order valence-electron chi connectivity index (χ4n) is 3.67. The van der Waals surface area contributed by atoms with Crippen LogP contribution in [0, 0.1) is 25.7 Å². The number of rotatable bonds is 4. The van der Waals surface area contributed by atoms with E-state index < -0.39 is 0 Å². The standard InChI is InChI=1S/C21H25N5O2/c1-14-4-5-15(2)18(12-14)24-19(27)16-13-17(16)20(28)25-8-10-26(11-9-25)21-22-6-3-7-23-21/h3-7,12,16-17H,8-11,13H2,1-2H3,(H,24,27). The van der Waals surface area contributed by atoms with E-state index in [1.807, 2.05) is 36.9 Å². The van der Waals surface area contributed by atoms with Gasteiger partial charge < -0.3 is 15.1 Å². The summed E-state index contributed by atoms with van der Waals surface area (Å²) >= 11 is 0. The van der Waals surface area contributed by atoms with Gasteiger partial charge in [0, 0.05) is 44.3 Å². The van der Waals surface area contributed by atoms with Crippen LogP contribution in [0.25, 0.3) is 0 Å². The van der Waals surface area contributed by atoms with Crippen LogP contribution in [-0.2, 0) is 9.59 Å². The van der Waals surface area contributed by atoms with Gasteiger partial charge in [0.25, 0.3) is 0 Å². The van der Waals surface area contributed by atoms with Crippen molar-refractivity contribution in [2.75, 3.05) is 36.4 Å². The number of piperazine rings is 1. The molecule has 0 bridgehead atoms. The molecule has 1 aromatic heterocycles. The quantitative estimate of drug-likeness (QED) is 0.879. The van der Waals surface area contributed by atoms with Crippen molar-refractivity contribution in [1.82, 2.24) is 14.9 Å². The first-order valence-corrected chi connectivity index (χ1v) is 9.72. The summed E-state index contributed by atoms with van der Waals surface area (Å²) in [6.45, 7) is 6.67. The summed E-state index contributed by atoms with van der Waals surface area (Å²) in [7, 11) is 0. The van der Waals surface area contributed by atoms with Crippen molar-refractivity contribution < 1.29 is 9.59 Å². The molecule has 1 aliphatic carbocycles. The van der Waals surface area contributed by atoms with E-state index >= 15 is 0 Å². The first-order chi connectivity index (χ1) is 13.5. The third kappa shape index (κ3) is 3.83. The van der Waals surface area contributed by atoms with Crippen molar-refractivity contribution in [3.05, 3.63) is 47.8 Å². The van der Waals surface area contributed by atoms with Gasteiger partial charge in [0.15, 0.2) is 0 Å². The van der Waals surface area contributed by atoms with Gasteiger partial charge in [-0.1, -0.05) is 12.1 Å². The number of hydrogen-bond acceptors (Lipinski definition) is 5. The normalized spacial score (nSPS) is 21.4. The van der Waals surface area contributed by atoms with Crippen LogP contribution >= 0.6 is 0 Å². The van der Waals surface area contributed by atoms with Gasteiger partial charge in [0.05, 0.1) is 11.8 Å². The monoisotopic (exact) mass is 379 g/mol. The van der Waals surface area contributed by atoms with Crippen LogP contribution in [0.5, 0.6) is 0 Å². The van der Waals surface area contributed by atoms with E-state index in [1.54, 1.807) is 18.5 Å². The molecular weight excluding hydrogens is 354 g/mol. The number of carbonyl (C=O) groups is 2. The van der Waals surface area contributed by atoms with E-state index in [1.165, 1.54) is 0 Å². The molecule has 28 heavy (non-hydrogen) atoms. The summed E-state index contributed by atoms with van der Waals surface area (Å²) in [4.78, 5) is 37.8. The van der Waals surface area contributed by atoms with Gasteiger partial charge in [0.1, 0.15) is 0 Å². The first-order valence-electron chi connectivity index (χ1n) is 9.72. The fourth-order valence-corrected chi connectivity index (χ4v) is 3.67. The number of aryl methyl sites for hydroxylation is 2. The van der Waals surface area contributed by atoms with Crippen LogP contribution in [-0.4, -0.2) is 52.9 Å². The van der Waals surface area contributed by atoms with Gasteiger partial charge in [-0.25, -0.2) is 9.97 Å². The number of amides is 2. The fraction of sp³-hybridized carbons (Fsp3) is 0.429. The van der Waals surface area contributed by atoms with Crippen molar-refractivity contribution in [3.63, 3.8) is 0 Å². The van der Waals surface area contributed by atoms with E-state index in [2.05, 4.69) is 20.2 Å². The molecule has 1 aromatic carbocycles. The van der Waals surface area contributed by atoms with Gasteiger partial charge in [0.2, 0.25) is 17.8 Å². The highest BCUT2D eigenvalue weighted by Gasteiger charge is 2.49. The molecule has 146 valence electrons. The van der Waals surface area contributed by atoms with E-state index in [9.17, 15) is 9.59 Å². The number of aromatic nitrogens is 2. The highest BCUT2D eigenvalue weighted by atomic mass is 16.2. The van der Waals surface area contributed by atoms with Crippen LogP contribution < -0.4 is 10.2 Å². The molecule has 2 heterocycles. The van der Waals surface area contributed by atoms with Crippen LogP contribution in [0.3, 0.4) is 0 Å². The highest BCUT2D eigenvalue weighted by molar-refractivity contribution is 6.00. The van der Waals surface area contributed by atoms with E-state index in [4.69, 9.17) is 0 Å². The molecular formula is C21H25N5O2. The molecule has 1 saturated carbocycles. The van der Waals surface area contributed by atoms with Crippen LogP contribution in [0.1, 0.15) is 17.5 Å². The Morgan fingerprint density at radius 3 is 2.46 bits per heavy atom. The second kappa shape index (κ2) is 7.58. The zero-order valence-corrected chi connectivity index (χ0v) is 16.3. The number of nitrogens with zero attached hydrogens (tertiary/aromatic N) is 4. The van der Waals surface area contributed by atoms with Crippen molar-refractivity contribution >= 4 is 23.5 Å². The minimum atomic E-state index is -0.220. The van der Waals surface area contributed by atoms with Crippen LogP contribution in [0.15, 0.2) is 36.7 Å². The molecule has 0 radical (unpaired) electrons. The Hall–Kier alpha value is -2.96. The van der Waals surface area contributed by atoms with Gasteiger partial charge in [-0.3, -0.25) is 9.59 Å². The number of hydrogen-bond donors (Lipinski definition) is 1. The first kappa shape index (κ1) is 18.4. The zero-order chi connectivity index (χ0) is 19.7. The van der Waals surface area contributed by atoms with Crippen LogP contribution in [0.4, 0.5) is 11.6 Å². The maximum atomic E-state index is 12.8. The Balaban J connectivity index is 1.30. The Labute approximate surface area is 164 Å². The summed E-state index contributed by atoms with van der Waals surface area (Å²) < 4.78 is 0. The third-order valence-electron chi connectivity index (χ3n) is 5.52. The maximum absolute atomic E-state index is 12.8. The maximum Gasteiger partial charge on any atom is 0.228 e. The molecule has 2 unspecified atom stereocenters. The Bertz CT molecular complexity index is 878. The molecule has 2 aliphatic rings. The van der Waals surface area contributed by atoms with Gasteiger partial charge in [-0.2, -0.15) is 0 Å². The summed E-state index contributed by atoms with van der Waals surface area (Å²) in [6, 6.07) is 7.78. The van der Waals surface area contributed by atoms with E-state index in [-0.39, 0.29) is 23.7 Å². The molecule has 1 saturated heterocycles. The van der Waals surface area contributed by atoms with Crippen LogP contribution in [0.2, 0.25) is 0 Å². The average molecular weight is 379 g/mol. The zero-order valence-electron chi connectivity index (χ0n) is 16.3. The van der Waals surface area contributed by atoms with Crippen molar-refractivity contribution in [1.29, 1.82) is 0 Å². The largest absolute Gasteiger partial charge is 0.339 e. The summed E-state index contributed by atoms with van der Waals surface area (Å²) in [5.41, 5.74) is 2.96. The number of carbonyl (C=O) groups excluding carboxylic acids is 2.